The molecule has 10 nitrogen and oxygen atoms in total. The minimum atomic E-state index is -0.941. The number of aliphatic hydroxyl groups excluding tert-OH is 1. The van der Waals surface area contributed by atoms with E-state index in [9.17, 15) is 14.7 Å². The number of carbonyl (C=O) groups is 3. The quantitative estimate of drug-likeness (QED) is 0.211. The molecule has 4 heterocycles. The summed E-state index contributed by atoms with van der Waals surface area (Å²) in [4.78, 5) is 49.2. The van der Waals surface area contributed by atoms with Crippen molar-refractivity contribution in [1.82, 2.24) is 29.7 Å². The summed E-state index contributed by atoms with van der Waals surface area (Å²) in [6.07, 6.45) is 4.67. The Labute approximate surface area is 281 Å². The van der Waals surface area contributed by atoms with Crippen molar-refractivity contribution in [3.05, 3.63) is 85.5 Å². The number of aliphatic hydroxyl groups is 1. The second-order valence-electron chi connectivity index (χ2n) is 12.2. The third kappa shape index (κ3) is 5.28. The van der Waals surface area contributed by atoms with Crippen molar-refractivity contribution in [3.8, 4) is 0 Å². The zero-order chi connectivity index (χ0) is 32.6. The van der Waals surface area contributed by atoms with Gasteiger partial charge in [0, 0.05) is 29.7 Å². The number of hydrogen-bond acceptors (Lipinski definition) is 7. The smallest absolute Gasteiger partial charge is 0.248 e. The Morgan fingerprint density at radius 1 is 1.11 bits per heavy atom. The second kappa shape index (κ2) is 13.3. The van der Waals surface area contributed by atoms with Gasteiger partial charge >= 0.3 is 0 Å². The van der Waals surface area contributed by atoms with Gasteiger partial charge in [-0.1, -0.05) is 82.7 Å². The van der Waals surface area contributed by atoms with Crippen LogP contribution in [0.15, 0.2) is 79.9 Å². The lowest BCUT2D eigenvalue weighted by Crippen LogP contribution is -2.56. The average molecular weight is 708 g/mol. The molecule has 242 valence electrons. The molecule has 6 rings (SSSR count). The third-order valence-electron chi connectivity index (χ3n) is 9.48. The number of halogens is 1. The normalized spacial score (nSPS) is 27.1. The molecular formula is C34H39BrN6O4S. The van der Waals surface area contributed by atoms with Crippen LogP contribution in [0.4, 0.5) is 0 Å². The van der Waals surface area contributed by atoms with E-state index in [0.29, 0.717) is 25.0 Å². The SMILES string of the molecule is C=CCN(Cn1nnc2ccccc21)C(=O)C1N([C@H](CO)c2ccccc2)C(=O)[C@@H]2[C@H](C(=O)N(CC=C)CCC)[C@H]3SC12CC3Br. The van der Waals surface area contributed by atoms with Crippen LogP contribution in [0.5, 0.6) is 0 Å². The molecule has 0 radical (unpaired) electrons. The van der Waals surface area contributed by atoms with Gasteiger partial charge in [0.15, 0.2) is 0 Å². The van der Waals surface area contributed by atoms with Crippen molar-refractivity contribution >= 4 is 56.4 Å². The van der Waals surface area contributed by atoms with Crippen molar-refractivity contribution in [3.63, 3.8) is 0 Å². The molecule has 12 heteroatoms. The number of rotatable bonds is 13. The largest absolute Gasteiger partial charge is 0.394 e. The summed E-state index contributed by atoms with van der Waals surface area (Å²) in [6, 6.07) is 15.1. The minimum Gasteiger partial charge on any atom is -0.394 e. The molecule has 2 aromatic carbocycles. The second-order valence-corrected chi connectivity index (χ2v) is 14.9. The molecule has 3 saturated heterocycles. The van der Waals surface area contributed by atoms with E-state index in [2.05, 4.69) is 39.4 Å². The van der Waals surface area contributed by atoms with Gasteiger partial charge < -0.3 is 19.8 Å². The van der Waals surface area contributed by atoms with Gasteiger partial charge in [-0.05, 0) is 30.5 Å². The predicted molar refractivity (Wildman–Crippen MR) is 182 cm³/mol. The van der Waals surface area contributed by atoms with Crippen molar-refractivity contribution in [1.29, 1.82) is 0 Å². The lowest BCUT2D eigenvalue weighted by atomic mass is 9.70. The van der Waals surface area contributed by atoms with E-state index in [-0.39, 0.29) is 47.6 Å². The summed E-state index contributed by atoms with van der Waals surface area (Å²) in [7, 11) is 0. The van der Waals surface area contributed by atoms with E-state index in [1.54, 1.807) is 43.3 Å². The first-order chi connectivity index (χ1) is 22.3. The van der Waals surface area contributed by atoms with E-state index < -0.39 is 28.7 Å². The number of fused-ring (bicyclic) bond motifs is 2. The van der Waals surface area contributed by atoms with E-state index in [1.807, 2.05) is 61.5 Å². The number of hydrogen-bond donors (Lipinski definition) is 1. The van der Waals surface area contributed by atoms with Gasteiger partial charge in [0.1, 0.15) is 18.2 Å². The summed E-state index contributed by atoms with van der Waals surface area (Å²) in [6.45, 7) is 10.7. The standard InChI is InChI=1S/C34H39BrN6O4S/c1-4-16-38(17-5-2)31(43)27-28-32(44)41(26(20-42)22-12-8-7-9-13-22)30(34(28)19-23(35)29(27)46-34)33(45)39(18-6-3)21-40-25-15-11-10-14-24(25)36-37-40/h4,6-15,23,26-30,42H,1,3,5,16-21H2,2H3/t23?,26-,27+,28+,29+,30?,34?/m1/s1. The molecule has 7 atom stereocenters. The molecule has 46 heavy (non-hydrogen) atoms. The van der Waals surface area contributed by atoms with Crippen molar-refractivity contribution in [2.75, 3.05) is 26.2 Å². The van der Waals surface area contributed by atoms with Crippen LogP contribution in [-0.2, 0) is 21.1 Å². The Morgan fingerprint density at radius 2 is 1.80 bits per heavy atom. The van der Waals surface area contributed by atoms with Crippen LogP contribution in [-0.4, -0.2) is 99.6 Å². The summed E-state index contributed by atoms with van der Waals surface area (Å²) in [5.74, 6) is -1.98. The first kappa shape index (κ1) is 32.5. The van der Waals surface area contributed by atoms with Gasteiger partial charge in [-0.2, -0.15) is 0 Å². The van der Waals surface area contributed by atoms with E-state index in [4.69, 9.17) is 0 Å². The zero-order valence-corrected chi connectivity index (χ0v) is 28.2. The fourth-order valence-corrected chi connectivity index (χ4v) is 11.2. The summed E-state index contributed by atoms with van der Waals surface area (Å²) in [5.41, 5.74) is 2.21. The third-order valence-corrected chi connectivity index (χ3v) is 12.7. The Bertz CT molecular complexity index is 1640. The first-order valence-corrected chi connectivity index (χ1v) is 17.5. The van der Waals surface area contributed by atoms with E-state index in [0.717, 1.165) is 17.5 Å². The van der Waals surface area contributed by atoms with Crippen LogP contribution in [0.25, 0.3) is 11.0 Å². The molecule has 2 bridgehead atoms. The first-order valence-electron chi connectivity index (χ1n) is 15.7. The Kier molecular flexibility index (Phi) is 9.40. The molecule has 3 aliphatic heterocycles. The van der Waals surface area contributed by atoms with Gasteiger partial charge in [0.25, 0.3) is 0 Å². The van der Waals surface area contributed by atoms with Gasteiger partial charge in [0.05, 0.1) is 34.7 Å². The molecule has 3 aliphatic rings. The Morgan fingerprint density at radius 3 is 2.50 bits per heavy atom. The molecule has 1 spiro atoms. The molecule has 3 amide bonds. The molecular weight excluding hydrogens is 668 g/mol. The van der Waals surface area contributed by atoms with Gasteiger partial charge in [0.2, 0.25) is 17.7 Å². The number of alkyl halides is 1. The highest BCUT2D eigenvalue weighted by molar-refractivity contribution is 9.09. The lowest BCUT2D eigenvalue weighted by molar-refractivity contribution is -0.147. The van der Waals surface area contributed by atoms with Crippen LogP contribution in [0.3, 0.4) is 0 Å². The topological polar surface area (TPSA) is 112 Å². The summed E-state index contributed by atoms with van der Waals surface area (Å²) >= 11 is 5.46. The van der Waals surface area contributed by atoms with Crippen molar-refractivity contribution < 1.29 is 19.5 Å². The number of carbonyl (C=O) groups excluding carboxylic acids is 3. The molecule has 0 saturated carbocycles. The maximum Gasteiger partial charge on any atom is 0.248 e. The summed E-state index contributed by atoms with van der Waals surface area (Å²) < 4.78 is 0.788. The van der Waals surface area contributed by atoms with Crippen molar-refractivity contribution in [2.45, 2.75) is 53.3 Å². The van der Waals surface area contributed by atoms with Gasteiger partial charge in [-0.15, -0.1) is 30.0 Å². The maximum absolute atomic E-state index is 15.1. The fourth-order valence-electron chi connectivity index (χ4n) is 7.65. The van der Waals surface area contributed by atoms with E-state index >= 15 is 4.79 Å². The average Bonchev–Trinajstić information content (AvgIpc) is 3.78. The Hall–Kier alpha value is -3.48. The molecule has 1 aromatic heterocycles. The zero-order valence-electron chi connectivity index (χ0n) is 25.8. The highest BCUT2D eigenvalue weighted by atomic mass is 79.9. The number of thioether (sulfide) groups is 1. The number of nitrogens with zero attached hydrogens (tertiary/aromatic N) is 6. The molecule has 3 unspecified atom stereocenters. The molecule has 0 aliphatic carbocycles. The number of benzene rings is 2. The van der Waals surface area contributed by atoms with Crippen molar-refractivity contribution in [2.24, 2.45) is 11.8 Å². The predicted octanol–water partition coefficient (Wildman–Crippen LogP) is 4.03. The lowest BCUT2D eigenvalue weighted by Gasteiger charge is -2.40. The number of para-hydroxylation sites is 1. The van der Waals surface area contributed by atoms with Crippen LogP contribution < -0.4 is 0 Å². The summed E-state index contributed by atoms with van der Waals surface area (Å²) in [5, 5.41) is 19.3. The monoisotopic (exact) mass is 706 g/mol. The van der Waals surface area contributed by atoms with Crippen LogP contribution in [0.1, 0.15) is 31.4 Å². The number of aromatic nitrogens is 3. The molecule has 3 aromatic rings. The van der Waals surface area contributed by atoms with Gasteiger partial charge in [-0.25, -0.2) is 4.68 Å². The highest BCUT2D eigenvalue weighted by Gasteiger charge is 2.76. The number of likely N-dealkylation sites (tertiary alicyclic amines) is 1. The van der Waals surface area contributed by atoms with Gasteiger partial charge in [-0.3, -0.25) is 14.4 Å². The molecule has 3 fully saturated rings. The van der Waals surface area contributed by atoms with Crippen LogP contribution >= 0.6 is 27.7 Å². The fraction of sp³-hybridized carbons (Fsp3) is 0.441. The number of amides is 3. The molecule has 1 N–H and O–H groups in total. The highest BCUT2D eigenvalue weighted by Crippen LogP contribution is 2.68. The van der Waals surface area contributed by atoms with E-state index in [1.165, 1.54) is 0 Å². The van der Waals surface area contributed by atoms with Crippen LogP contribution in [0, 0.1) is 11.8 Å². The van der Waals surface area contributed by atoms with Crippen LogP contribution in [0.2, 0.25) is 0 Å². The Balaban J connectivity index is 1.46. The minimum absolute atomic E-state index is 0.0747. The maximum atomic E-state index is 15.1.